The predicted octanol–water partition coefficient (Wildman–Crippen LogP) is 1.82. The number of carboxylic acids is 1. The van der Waals surface area contributed by atoms with Crippen LogP contribution in [0.4, 0.5) is 0 Å². The summed E-state index contributed by atoms with van der Waals surface area (Å²) >= 11 is 0. The van der Waals surface area contributed by atoms with Crippen molar-refractivity contribution in [3.63, 3.8) is 0 Å². The van der Waals surface area contributed by atoms with Crippen LogP contribution in [0.5, 0.6) is 0 Å². The number of methoxy groups -OCH3 is 1. The smallest absolute Gasteiger partial charge is 0.335 e. The maximum absolute atomic E-state index is 12.7. The SMILES string of the molecule is CCC(C)N(CCOC)S(=O)(=O)c1cccc(C(=O)O)c1. The Balaban J connectivity index is 3.21. The largest absolute Gasteiger partial charge is 0.478 e. The number of rotatable bonds is 8. The van der Waals surface area contributed by atoms with Gasteiger partial charge in [0.2, 0.25) is 10.0 Å². The third-order valence-corrected chi connectivity index (χ3v) is 5.30. The molecule has 1 unspecified atom stereocenters. The number of sulfonamides is 1. The van der Waals surface area contributed by atoms with E-state index in [-0.39, 0.29) is 29.7 Å². The van der Waals surface area contributed by atoms with Crippen molar-refractivity contribution in [3.05, 3.63) is 29.8 Å². The zero-order valence-corrected chi connectivity index (χ0v) is 13.3. The molecule has 7 heteroatoms. The van der Waals surface area contributed by atoms with Gasteiger partial charge in [0.25, 0.3) is 0 Å². The van der Waals surface area contributed by atoms with Crippen LogP contribution in [0.3, 0.4) is 0 Å². The summed E-state index contributed by atoms with van der Waals surface area (Å²) in [7, 11) is -2.24. The lowest BCUT2D eigenvalue weighted by Gasteiger charge is -2.27. The summed E-state index contributed by atoms with van der Waals surface area (Å²) in [6, 6.07) is 5.19. The van der Waals surface area contributed by atoms with E-state index in [1.165, 1.54) is 35.7 Å². The van der Waals surface area contributed by atoms with E-state index < -0.39 is 16.0 Å². The first-order valence-corrected chi connectivity index (χ1v) is 8.12. The highest BCUT2D eigenvalue weighted by Crippen LogP contribution is 2.20. The Bertz CT molecular complexity index is 585. The topological polar surface area (TPSA) is 83.9 Å². The van der Waals surface area contributed by atoms with E-state index in [0.29, 0.717) is 6.42 Å². The van der Waals surface area contributed by atoms with Crippen LogP contribution in [0.1, 0.15) is 30.6 Å². The zero-order valence-electron chi connectivity index (χ0n) is 12.4. The molecule has 0 aliphatic carbocycles. The molecule has 1 aromatic carbocycles. The van der Waals surface area contributed by atoms with Gasteiger partial charge in [0.15, 0.2) is 0 Å². The molecule has 0 bridgehead atoms. The molecule has 1 aromatic rings. The van der Waals surface area contributed by atoms with Gasteiger partial charge in [0.1, 0.15) is 0 Å². The fraction of sp³-hybridized carbons (Fsp3) is 0.500. The van der Waals surface area contributed by atoms with Gasteiger partial charge in [0.05, 0.1) is 17.1 Å². The van der Waals surface area contributed by atoms with Gasteiger partial charge in [-0.15, -0.1) is 0 Å². The predicted molar refractivity (Wildman–Crippen MR) is 78.9 cm³/mol. The van der Waals surface area contributed by atoms with Gasteiger partial charge >= 0.3 is 5.97 Å². The highest BCUT2D eigenvalue weighted by atomic mass is 32.2. The number of benzene rings is 1. The van der Waals surface area contributed by atoms with Gasteiger partial charge in [-0.3, -0.25) is 0 Å². The quantitative estimate of drug-likeness (QED) is 0.791. The monoisotopic (exact) mass is 315 g/mol. The maximum Gasteiger partial charge on any atom is 0.335 e. The standard InChI is InChI=1S/C14H21NO5S/c1-4-11(2)15(8-9-20-3)21(18,19)13-7-5-6-12(10-13)14(16)17/h5-7,10-11H,4,8-9H2,1-3H3,(H,16,17). The molecule has 0 aliphatic heterocycles. The van der Waals surface area contributed by atoms with E-state index in [2.05, 4.69) is 0 Å². The third-order valence-electron chi connectivity index (χ3n) is 3.29. The van der Waals surface area contributed by atoms with Crippen LogP contribution in [0.2, 0.25) is 0 Å². The Labute approximate surface area is 125 Å². The molecule has 0 radical (unpaired) electrons. The lowest BCUT2D eigenvalue weighted by atomic mass is 10.2. The van der Waals surface area contributed by atoms with Crippen LogP contribution in [-0.4, -0.2) is 50.1 Å². The van der Waals surface area contributed by atoms with Crippen molar-refractivity contribution in [3.8, 4) is 0 Å². The summed E-state index contributed by atoms with van der Waals surface area (Å²) in [4.78, 5) is 11.0. The molecule has 0 amide bonds. The molecule has 21 heavy (non-hydrogen) atoms. The molecule has 0 heterocycles. The molecular formula is C14H21NO5S. The fourth-order valence-corrected chi connectivity index (χ4v) is 3.62. The second kappa shape index (κ2) is 7.53. The van der Waals surface area contributed by atoms with Crippen LogP contribution in [0, 0.1) is 0 Å². The Kier molecular flexibility index (Phi) is 6.32. The van der Waals surface area contributed by atoms with Crippen molar-refractivity contribution in [2.75, 3.05) is 20.3 Å². The van der Waals surface area contributed by atoms with Crippen molar-refractivity contribution >= 4 is 16.0 Å². The minimum absolute atomic E-state index is 0.0150. The van der Waals surface area contributed by atoms with Crippen LogP contribution >= 0.6 is 0 Å². The highest BCUT2D eigenvalue weighted by Gasteiger charge is 2.28. The lowest BCUT2D eigenvalue weighted by Crippen LogP contribution is -2.40. The fourth-order valence-electron chi connectivity index (χ4n) is 1.89. The van der Waals surface area contributed by atoms with Crippen LogP contribution in [0.15, 0.2) is 29.2 Å². The molecule has 0 fully saturated rings. The Morgan fingerprint density at radius 1 is 1.43 bits per heavy atom. The number of nitrogens with zero attached hydrogens (tertiary/aromatic N) is 1. The minimum atomic E-state index is -3.75. The molecule has 1 rings (SSSR count). The molecule has 0 saturated heterocycles. The molecule has 1 atom stereocenters. The van der Waals surface area contributed by atoms with Crippen LogP contribution in [-0.2, 0) is 14.8 Å². The van der Waals surface area contributed by atoms with Gasteiger partial charge < -0.3 is 9.84 Å². The number of carboxylic acid groups (broad SMARTS) is 1. The van der Waals surface area contributed by atoms with Crippen molar-refractivity contribution in [1.29, 1.82) is 0 Å². The molecule has 1 N–H and O–H groups in total. The number of hydrogen-bond donors (Lipinski definition) is 1. The minimum Gasteiger partial charge on any atom is -0.478 e. The van der Waals surface area contributed by atoms with E-state index in [1.54, 1.807) is 0 Å². The molecule has 0 spiro atoms. The molecule has 118 valence electrons. The Hall–Kier alpha value is -1.44. The van der Waals surface area contributed by atoms with Gasteiger partial charge in [-0.2, -0.15) is 4.31 Å². The van der Waals surface area contributed by atoms with Crippen molar-refractivity contribution in [2.24, 2.45) is 0 Å². The zero-order chi connectivity index (χ0) is 16.0. The first-order valence-electron chi connectivity index (χ1n) is 6.68. The summed E-state index contributed by atoms with van der Waals surface area (Å²) < 4.78 is 31.7. The normalized spacial score (nSPS) is 13.3. The lowest BCUT2D eigenvalue weighted by molar-refractivity contribution is 0.0696. The van der Waals surface area contributed by atoms with Crippen LogP contribution < -0.4 is 0 Å². The summed E-state index contributed by atoms with van der Waals surface area (Å²) in [5.74, 6) is -1.15. The van der Waals surface area contributed by atoms with Crippen LogP contribution in [0.25, 0.3) is 0 Å². The van der Waals surface area contributed by atoms with E-state index in [4.69, 9.17) is 9.84 Å². The van der Waals surface area contributed by atoms with Crippen molar-refractivity contribution in [1.82, 2.24) is 4.31 Å². The second-order valence-electron chi connectivity index (χ2n) is 4.70. The number of aromatic carboxylic acids is 1. The summed E-state index contributed by atoms with van der Waals surface area (Å²) in [6.45, 7) is 4.22. The average molecular weight is 315 g/mol. The highest BCUT2D eigenvalue weighted by molar-refractivity contribution is 7.89. The molecule has 0 aliphatic rings. The Morgan fingerprint density at radius 2 is 2.10 bits per heavy atom. The van der Waals surface area contributed by atoms with Gasteiger partial charge in [-0.25, -0.2) is 13.2 Å². The number of ether oxygens (including phenoxy) is 1. The number of carbonyl (C=O) groups is 1. The molecule has 6 nitrogen and oxygen atoms in total. The first-order chi connectivity index (χ1) is 9.84. The van der Waals surface area contributed by atoms with E-state index in [1.807, 2.05) is 13.8 Å². The second-order valence-corrected chi connectivity index (χ2v) is 6.59. The summed E-state index contributed by atoms with van der Waals surface area (Å²) in [6.07, 6.45) is 0.654. The number of hydrogen-bond acceptors (Lipinski definition) is 4. The van der Waals surface area contributed by atoms with Gasteiger partial charge in [-0.1, -0.05) is 13.0 Å². The molecular weight excluding hydrogens is 294 g/mol. The summed E-state index contributed by atoms with van der Waals surface area (Å²) in [5, 5.41) is 8.98. The first kappa shape index (κ1) is 17.6. The van der Waals surface area contributed by atoms with E-state index in [0.717, 1.165) is 0 Å². The van der Waals surface area contributed by atoms with E-state index >= 15 is 0 Å². The Morgan fingerprint density at radius 3 is 2.62 bits per heavy atom. The van der Waals surface area contributed by atoms with Crippen molar-refractivity contribution < 1.29 is 23.1 Å². The molecule has 0 aromatic heterocycles. The maximum atomic E-state index is 12.7. The third kappa shape index (κ3) is 4.26. The van der Waals surface area contributed by atoms with E-state index in [9.17, 15) is 13.2 Å². The van der Waals surface area contributed by atoms with Crippen molar-refractivity contribution in [2.45, 2.75) is 31.2 Å². The summed E-state index contributed by atoms with van der Waals surface area (Å²) in [5.41, 5.74) is -0.0491. The van der Waals surface area contributed by atoms with Gasteiger partial charge in [-0.05, 0) is 31.5 Å². The van der Waals surface area contributed by atoms with Gasteiger partial charge in [0, 0.05) is 19.7 Å². The molecule has 0 saturated carbocycles. The average Bonchev–Trinajstić information content (AvgIpc) is 2.47.